The molecule has 9 aromatic rings. The Bertz CT molecular complexity index is 2930. The molecule has 0 spiro atoms. The molecule has 1 N–H and O–H groups in total. The van der Waals surface area contributed by atoms with Gasteiger partial charge in [-0.25, -0.2) is 9.98 Å². The van der Waals surface area contributed by atoms with Crippen molar-refractivity contribution in [3.63, 3.8) is 0 Å². The molecule has 1 heterocycles. The van der Waals surface area contributed by atoms with Crippen molar-refractivity contribution in [2.75, 3.05) is 0 Å². The molecule has 0 bridgehead atoms. The van der Waals surface area contributed by atoms with Gasteiger partial charge in [0.2, 0.25) is 0 Å². The molecule has 0 saturated carbocycles. The lowest BCUT2D eigenvalue weighted by Gasteiger charge is -2.34. The molecule has 1 atom stereocenters. The summed E-state index contributed by atoms with van der Waals surface area (Å²) in [5.74, 6) is 0.861. The SMILES string of the molecule is C1=NC(c2ccccc2)N=C(c2ccccc2)N1.Cc1c(-c2ccc3c(c2)C(c2ccccc2)(c2ccccc2)c2ccccc2-3)c2ccccc2c2ccccc12. The number of aliphatic imine (C=N–C) groups is 2. The van der Waals surface area contributed by atoms with Gasteiger partial charge in [0, 0.05) is 5.56 Å². The number of rotatable bonds is 5. The standard InChI is InChI=1S/C40H28.C15H13N3/c1-27-31-18-8-9-19-32(31)33-20-10-11-22-36(33)39(27)28-24-25-35-34-21-12-13-23-37(34)40(38(35)26-28,29-14-4-2-5-15-29)30-16-6-3-7-17-30;1-3-7-12(8-4-1)14-16-11-17-15(18-14)13-9-5-2-6-10-13/h2-26H,1H3;1-11,14H,(H,16,17,18). The van der Waals surface area contributed by atoms with Gasteiger partial charge in [-0.1, -0.05) is 206 Å². The molecule has 0 amide bonds. The second-order valence-electron chi connectivity index (χ2n) is 14.9. The lowest BCUT2D eigenvalue weighted by molar-refractivity contribution is 0.762. The summed E-state index contributed by atoms with van der Waals surface area (Å²) in [6.07, 6.45) is 1.56. The van der Waals surface area contributed by atoms with Crippen LogP contribution >= 0.6 is 0 Å². The van der Waals surface area contributed by atoms with E-state index in [1.807, 2.05) is 60.7 Å². The Kier molecular flexibility index (Phi) is 9.04. The predicted octanol–water partition coefficient (Wildman–Crippen LogP) is 13.1. The molecule has 9 aromatic carbocycles. The zero-order chi connectivity index (χ0) is 38.9. The van der Waals surface area contributed by atoms with E-state index < -0.39 is 5.41 Å². The second-order valence-corrected chi connectivity index (χ2v) is 14.9. The Morgan fingerprint density at radius 2 is 0.966 bits per heavy atom. The molecular formula is C55H41N3. The average Bonchev–Trinajstić information content (AvgIpc) is 3.61. The van der Waals surface area contributed by atoms with Crippen LogP contribution in [0.25, 0.3) is 43.8 Å². The van der Waals surface area contributed by atoms with Gasteiger partial charge in [-0.05, 0) is 90.2 Å². The monoisotopic (exact) mass is 743 g/mol. The Balaban J connectivity index is 0.000000189. The van der Waals surface area contributed by atoms with Crippen LogP contribution in [0, 0.1) is 6.92 Å². The van der Waals surface area contributed by atoms with Gasteiger partial charge >= 0.3 is 0 Å². The van der Waals surface area contributed by atoms with E-state index >= 15 is 0 Å². The molecule has 11 rings (SSSR count). The Hall–Kier alpha value is -7.36. The summed E-state index contributed by atoms with van der Waals surface area (Å²) in [6.45, 7) is 2.29. The highest BCUT2D eigenvalue weighted by Gasteiger charge is 2.46. The Morgan fingerprint density at radius 3 is 1.64 bits per heavy atom. The summed E-state index contributed by atoms with van der Waals surface area (Å²) in [4.78, 5) is 8.98. The van der Waals surface area contributed by atoms with Gasteiger partial charge in [0.05, 0.1) is 11.8 Å². The van der Waals surface area contributed by atoms with Crippen LogP contribution in [0.2, 0.25) is 0 Å². The van der Waals surface area contributed by atoms with Crippen LogP contribution in [-0.4, -0.2) is 12.2 Å². The minimum atomic E-state index is -0.398. The molecule has 1 aliphatic heterocycles. The molecule has 1 aliphatic carbocycles. The molecule has 2 aliphatic rings. The Labute approximate surface area is 339 Å². The maximum Gasteiger partial charge on any atom is 0.169 e. The summed E-state index contributed by atoms with van der Waals surface area (Å²) in [6, 6.07) is 76.1. The highest BCUT2D eigenvalue weighted by atomic mass is 15.2. The van der Waals surface area contributed by atoms with Crippen LogP contribution < -0.4 is 5.32 Å². The summed E-state index contributed by atoms with van der Waals surface area (Å²) in [5.41, 5.74) is 13.6. The molecule has 276 valence electrons. The minimum Gasteiger partial charge on any atom is -0.331 e. The van der Waals surface area contributed by atoms with Gasteiger partial charge in [0.25, 0.3) is 0 Å². The van der Waals surface area contributed by atoms with E-state index in [4.69, 9.17) is 0 Å². The molecule has 0 aromatic heterocycles. The number of nitrogens with zero attached hydrogens (tertiary/aromatic N) is 2. The lowest BCUT2D eigenvalue weighted by Crippen LogP contribution is -2.28. The fourth-order valence-corrected chi connectivity index (χ4v) is 9.19. The van der Waals surface area contributed by atoms with E-state index in [1.54, 1.807) is 6.34 Å². The topological polar surface area (TPSA) is 36.8 Å². The van der Waals surface area contributed by atoms with Crippen LogP contribution in [0.4, 0.5) is 0 Å². The van der Waals surface area contributed by atoms with Gasteiger partial charge in [0.1, 0.15) is 5.84 Å². The molecular weight excluding hydrogens is 703 g/mol. The number of nitrogens with one attached hydrogen (secondary N) is 1. The maximum absolute atomic E-state index is 4.63. The first-order valence-electron chi connectivity index (χ1n) is 19.9. The van der Waals surface area contributed by atoms with Crippen molar-refractivity contribution in [1.29, 1.82) is 0 Å². The molecule has 3 heteroatoms. The first-order valence-corrected chi connectivity index (χ1v) is 19.9. The largest absolute Gasteiger partial charge is 0.331 e. The van der Waals surface area contributed by atoms with Crippen LogP contribution in [-0.2, 0) is 5.41 Å². The number of benzene rings is 9. The van der Waals surface area contributed by atoms with Crippen molar-refractivity contribution >= 4 is 33.7 Å². The number of fused-ring (bicyclic) bond motifs is 6. The number of amidine groups is 1. The van der Waals surface area contributed by atoms with E-state index in [0.29, 0.717) is 0 Å². The predicted molar refractivity (Wildman–Crippen MR) is 243 cm³/mol. The first-order chi connectivity index (χ1) is 28.7. The normalized spacial score (nSPS) is 14.8. The molecule has 0 saturated heterocycles. The van der Waals surface area contributed by atoms with E-state index in [1.165, 1.54) is 71.6 Å². The third-order valence-corrected chi connectivity index (χ3v) is 11.8. The van der Waals surface area contributed by atoms with Crippen LogP contribution in [0.1, 0.15) is 45.1 Å². The number of hydrogen-bond donors (Lipinski definition) is 1. The van der Waals surface area contributed by atoms with Gasteiger partial charge in [0.15, 0.2) is 6.17 Å². The molecule has 58 heavy (non-hydrogen) atoms. The van der Waals surface area contributed by atoms with Crippen molar-refractivity contribution in [3.05, 3.63) is 251 Å². The van der Waals surface area contributed by atoms with Crippen LogP contribution in [0.3, 0.4) is 0 Å². The maximum atomic E-state index is 4.63. The third kappa shape index (κ3) is 5.91. The fourth-order valence-electron chi connectivity index (χ4n) is 9.19. The summed E-state index contributed by atoms with van der Waals surface area (Å²) in [5, 5.41) is 8.34. The number of hydrogen-bond acceptors (Lipinski definition) is 3. The quantitative estimate of drug-likeness (QED) is 0.175. The van der Waals surface area contributed by atoms with Crippen molar-refractivity contribution in [3.8, 4) is 22.3 Å². The van der Waals surface area contributed by atoms with Crippen molar-refractivity contribution < 1.29 is 0 Å². The minimum absolute atomic E-state index is 0.150. The fraction of sp³-hybridized carbons (Fsp3) is 0.0545. The molecule has 0 radical (unpaired) electrons. The van der Waals surface area contributed by atoms with Crippen LogP contribution in [0.5, 0.6) is 0 Å². The second kappa shape index (κ2) is 14.9. The molecule has 3 nitrogen and oxygen atoms in total. The van der Waals surface area contributed by atoms with E-state index in [0.717, 1.165) is 17.0 Å². The van der Waals surface area contributed by atoms with Gasteiger partial charge in [-0.2, -0.15) is 0 Å². The third-order valence-electron chi connectivity index (χ3n) is 11.8. The van der Waals surface area contributed by atoms with Crippen molar-refractivity contribution in [2.24, 2.45) is 9.98 Å². The van der Waals surface area contributed by atoms with E-state index in [-0.39, 0.29) is 6.17 Å². The smallest absolute Gasteiger partial charge is 0.169 e. The summed E-state index contributed by atoms with van der Waals surface area (Å²) < 4.78 is 0. The van der Waals surface area contributed by atoms with Crippen LogP contribution in [0.15, 0.2) is 222 Å². The van der Waals surface area contributed by atoms with E-state index in [9.17, 15) is 0 Å². The first kappa shape index (κ1) is 35.1. The summed E-state index contributed by atoms with van der Waals surface area (Å²) >= 11 is 0. The highest BCUT2D eigenvalue weighted by molar-refractivity contribution is 6.16. The number of aryl methyl sites for hydroxylation is 1. The van der Waals surface area contributed by atoms with Gasteiger partial charge in [-0.15, -0.1) is 0 Å². The zero-order valence-corrected chi connectivity index (χ0v) is 32.3. The van der Waals surface area contributed by atoms with Gasteiger partial charge < -0.3 is 5.32 Å². The van der Waals surface area contributed by atoms with Crippen molar-refractivity contribution in [1.82, 2.24) is 5.32 Å². The summed E-state index contributed by atoms with van der Waals surface area (Å²) in [7, 11) is 0. The highest BCUT2D eigenvalue weighted by Crippen LogP contribution is 2.57. The Morgan fingerprint density at radius 1 is 0.448 bits per heavy atom. The molecule has 0 fully saturated rings. The lowest BCUT2D eigenvalue weighted by atomic mass is 9.67. The van der Waals surface area contributed by atoms with Gasteiger partial charge in [-0.3, -0.25) is 0 Å². The average molecular weight is 744 g/mol. The van der Waals surface area contributed by atoms with E-state index in [2.05, 4.69) is 174 Å². The van der Waals surface area contributed by atoms with Crippen molar-refractivity contribution in [2.45, 2.75) is 18.5 Å². The zero-order valence-electron chi connectivity index (χ0n) is 32.3. The molecule has 1 unspecified atom stereocenters.